The van der Waals surface area contributed by atoms with Gasteiger partial charge < -0.3 is 14.4 Å². The number of sulfonamides is 1. The fraction of sp³-hybridized carbons (Fsp3) is 0.364. The van der Waals surface area contributed by atoms with E-state index in [1.54, 1.807) is 7.11 Å². The molecule has 0 aliphatic carbocycles. The zero-order valence-electron chi connectivity index (χ0n) is 18.1. The lowest BCUT2D eigenvalue weighted by molar-refractivity contribution is -0.119. The fourth-order valence-corrected chi connectivity index (χ4v) is 4.29. The van der Waals surface area contributed by atoms with Crippen molar-refractivity contribution in [1.82, 2.24) is 14.5 Å². The molecule has 32 heavy (non-hydrogen) atoms. The van der Waals surface area contributed by atoms with Crippen LogP contribution in [0.2, 0.25) is 0 Å². The molecule has 1 amide bonds. The number of piperazine rings is 1. The monoisotopic (exact) mass is 458 g/mol. The molecule has 0 radical (unpaired) electrons. The van der Waals surface area contributed by atoms with E-state index in [2.05, 4.69) is 9.80 Å². The van der Waals surface area contributed by atoms with Gasteiger partial charge in [0.15, 0.2) is 5.75 Å². The van der Waals surface area contributed by atoms with Crippen molar-refractivity contribution in [1.29, 1.82) is 0 Å². The van der Waals surface area contributed by atoms with Crippen LogP contribution in [0.1, 0.15) is 12.0 Å². The fourth-order valence-electron chi connectivity index (χ4n) is 3.77. The molecule has 0 atom stereocenters. The van der Waals surface area contributed by atoms with Gasteiger partial charge in [0.25, 0.3) is 0 Å². The third-order valence-electron chi connectivity index (χ3n) is 5.37. The van der Waals surface area contributed by atoms with Crippen molar-refractivity contribution in [3.63, 3.8) is 0 Å². The topological polar surface area (TPSA) is 101 Å². The van der Waals surface area contributed by atoms with Gasteiger partial charge in [-0.3, -0.25) is 14.4 Å². The molecule has 0 saturated carbocycles. The van der Waals surface area contributed by atoms with Crippen LogP contribution in [-0.4, -0.2) is 76.0 Å². The van der Waals surface area contributed by atoms with Gasteiger partial charge in [-0.2, -0.15) is 0 Å². The molecule has 0 aromatic heterocycles. The lowest BCUT2D eigenvalue weighted by Crippen LogP contribution is -2.49. The molecule has 1 saturated heterocycles. The maximum Gasteiger partial charge on any atom is 0.234 e. The number of hydrogen-bond acceptors (Lipinski definition) is 8. The highest BCUT2D eigenvalue weighted by Gasteiger charge is 2.26. The second-order valence-corrected chi connectivity index (χ2v) is 9.49. The van der Waals surface area contributed by atoms with E-state index in [1.807, 2.05) is 47.2 Å². The van der Waals surface area contributed by atoms with Crippen LogP contribution in [-0.2, 0) is 14.8 Å². The number of hydrogen-bond donors (Lipinski definition) is 1. The van der Waals surface area contributed by atoms with Crippen molar-refractivity contribution in [3.05, 3.63) is 48.0 Å². The van der Waals surface area contributed by atoms with Crippen molar-refractivity contribution in [3.8, 4) is 17.2 Å². The summed E-state index contributed by atoms with van der Waals surface area (Å²) in [6.45, 7) is 3.38. The van der Waals surface area contributed by atoms with E-state index >= 15 is 0 Å². The Morgan fingerprint density at radius 1 is 1.12 bits per heavy atom. The number of aliphatic imine (C=N–C) groups is 1. The first-order chi connectivity index (χ1) is 15.3. The first kappa shape index (κ1) is 22.1. The van der Waals surface area contributed by atoms with Gasteiger partial charge in [-0.25, -0.2) is 13.4 Å². The summed E-state index contributed by atoms with van der Waals surface area (Å²) >= 11 is 0. The summed E-state index contributed by atoms with van der Waals surface area (Å²) in [6, 6.07) is 13.4. The average molecular weight is 459 g/mol. The van der Waals surface area contributed by atoms with Gasteiger partial charge in [0.2, 0.25) is 15.9 Å². The maximum absolute atomic E-state index is 11.8. The Labute approximate surface area is 187 Å². The Hall–Kier alpha value is -3.11. The molecule has 0 spiro atoms. The van der Waals surface area contributed by atoms with E-state index in [0.29, 0.717) is 25.4 Å². The standard InChI is InChI=1S/C22H26N4O5S/c1-30-16-7-8-19-17(15-16)22(23-18-5-3-4-6-20(18)31-19)26-13-11-25(12-14-26)10-9-21(27)24-32(2,28)29/h3-8,15H,9-14H2,1-2H3,(H,24,27). The number of rotatable bonds is 5. The number of ether oxygens (including phenoxy) is 2. The van der Waals surface area contributed by atoms with Crippen LogP contribution in [0.25, 0.3) is 0 Å². The molecule has 2 aromatic carbocycles. The minimum Gasteiger partial charge on any atom is -0.497 e. The minimum absolute atomic E-state index is 0.134. The van der Waals surface area contributed by atoms with E-state index < -0.39 is 15.9 Å². The summed E-state index contributed by atoms with van der Waals surface area (Å²) in [4.78, 5) is 21.1. The number of para-hydroxylation sites is 2. The number of benzene rings is 2. The molecule has 10 heteroatoms. The molecule has 2 aliphatic rings. The minimum atomic E-state index is -3.53. The first-order valence-electron chi connectivity index (χ1n) is 10.3. The molecule has 2 aromatic rings. The van der Waals surface area contributed by atoms with Gasteiger partial charge in [-0.1, -0.05) is 12.1 Å². The lowest BCUT2D eigenvalue weighted by atomic mass is 10.1. The Balaban J connectivity index is 1.50. The van der Waals surface area contributed by atoms with Crippen LogP contribution in [0.3, 0.4) is 0 Å². The normalized spacial score (nSPS) is 16.2. The Morgan fingerprint density at radius 2 is 1.88 bits per heavy atom. The third kappa shape index (κ3) is 5.20. The van der Waals surface area contributed by atoms with Crippen LogP contribution in [0.15, 0.2) is 47.5 Å². The van der Waals surface area contributed by atoms with Crippen LogP contribution < -0.4 is 14.2 Å². The summed E-state index contributed by atoms with van der Waals surface area (Å²) in [5, 5.41) is 0. The molecule has 170 valence electrons. The number of amides is 1. The van der Waals surface area contributed by atoms with Crippen molar-refractivity contribution < 1.29 is 22.7 Å². The average Bonchev–Trinajstić information content (AvgIpc) is 2.93. The number of amidine groups is 1. The molecular weight excluding hydrogens is 432 g/mol. The van der Waals surface area contributed by atoms with E-state index in [0.717, 1.165) is 47.9 Å². The van der Waals surface area contributed by atoms with Crippen LogP contribution in [0.5, 0.6) is 17.2 Å². The highest BCUT2D eigenvalue weighted by molar-refractivity contribution is 7.89. The number of carbonyl (C=O) groups excluding carboxylic acids is 1. The smallest absolute Gasteiger partial charge is 0.234 e. The molecule has 0 bridgehead atoms. The van der Waals surface area contributed by atoms with Crippen LogP contribution in [0, 0.1) is 0 Å². The number of nitrogens with zero attached hydrogens (tertiary/aromatic N) is 3. The summed E-state index contributed by atoms with van der Waals surface area (Å²) in [5.74, 6) is 2.47. The molecule has 1 fully saturated rings. The number of carbonyl (C=O) groups is 1. The highest BCUT2D eigenvalue weighted by atomic mass is 32.2. The SMILES string of the molecule is COc1ccc2c(c1)C(N1CCN(CCC(=O)NS(C)(=O)=O)CC1)=Nc1ccccc1O2. The van der Waals surface area contributed by atoms with Gasteiger partial charge in [0, 0.05) is 39.1 Å². The molecule has 0 unspecified atom stereocenters. The third-order valence-corrected chi connectivity index (χ3v) is 5.96. The van der Waals surface area contributed by atoms with E-state index in [4.69, 9.17) is 14.5 Å². The predicted molar refractivity (Wildman–Crippen MR) is 121 cm³/mol. The first-order valence-corrected chi connectivity index (χ1v) is 12.2. The largest absolute Gasteiger partial charge is 0.497 e. The van der Waals surface area contributed by atoms with Crippen molar-refractivity contribution in [2.24, 2.45) is 4.99 Å². The summed E-state index contributed by atoms with van der Waals surface area (Å²) in [5.41, 5.74) is 1.62. The summed E-state index contributed by atoms with van der Waals surface area (Å²) in [7, 11) is -1.90. The molecule has 9 nitrogen and oxygen atoms in total. The van der Waals surface area contributed by atoms with Crippen LogP contribution in [0.4, 0.5) is 5.69 Å². The van der Waals surface area contributed by atoms with Gasteiger partial charge in [-0.05, 0) is 30.3 Å². The van der Waals surface area contributed by atoms with E-state index in [1.165, 1.54) is 0 Å². The number of methoxy groups -OCH3 is 1. The Bertz CT molecular complexity index is 1140. The van der Waals surface area contributed by atoms with Gasteiger partial charge in [0.05, 0.1) is 18.9 Å². The molecule has 2 heterocycles. The number of nitrogens with one attached hydrogen (secondary N) is 1. The van der Waals surface area contributed by atoms with Crippen molar-refractivity contribution >= 4 is 27.5 Å². The maximum atomic E-state index is 11.8. The van der Waals surface area contributed by atoms with Gasteiger partial charge >= 0.3 is 0 Å². The van der Waals surface area contributed by atoms with Crippen LogP contribution >= 0.6 is 0 Å². The van der Waals surface area contributed by atoms with Gasteiger partial charge in [0.1, 0.15) is 23.0 Å². The molecular formula is C22H26N4O5S. The Kier molecular flexibility index (Phi) is 6.33. The molecule has 4 rings (SSSR count). The summed E-state index contributed by atoms with van der Waals surface area (Å²) < 4.78 is 36.0. The second kappa shape index (κ2) is 9.17. The van der Waals surface area contributed by atoms with Gasteiger partial charge in [-0.15, -0.1) is 0 Å². The Morgan fingerprint density at radius 3 is 2.59 bits per heavy atom. The molecule has 1 N–H and O–H groups in total. The number of fused-ring (bicyclic) bond motifs is 2. The zero-order chi connectivity index (χ0) is 22.7. The van der Waals surface area contributed by atoms with E-state index in [-0.39, 0.29) is 6.42 Å². The molecule has 2 aliphatic heterocycles. The highest BCUT2D eigenvalue weighted by Crippen LogP contribution is 2.39. The quantitative estimate of drug-likeness (QED) is 0.731. The predicted octanol–water partition coefficient (Wildman–Crippen LogP) is 1.96. The summed E-state index contributed by atoms with van der Waals surface area (Å²) in [6.07, 6.45) is 1.11. The zero-order valence-corrected chi connectivity index (χ0v) is 18.9. The van der Waals surface area contributed by atoms with Crippen molar-refractivity contribution in [2.75, 3.05) is 46.1 Å². The lowest BCUT2D eigenvalue weighted by Gasteiger charge is -2.36. The van der Waals surface area contributed by atoms with Crippen molar-refractivity contribution in [2.45, 2.75) is 6.42 Å². The second-order valence-electron chi connectivity index (χ2n) is 7.74. The van der Waals surface area contributed by atoms with E-state index in [9.17, 15) is 13.2 Å².